The van der Waals surface area contributed by atoms with Crippen molar-refractivity contribution in [3.8, 4) is 22.7 Å². The normalized spacial score (nSPS) is 11.3. The van der Waals surface area contributed by atoms with Crippen molar-refractivity contribution >= 4 is 44.5 Å². The van der Waals surface area contributed by atoms with E-state index in [9.17, 15) is 4.79 Å². The first kappa shape index (κ1) is 24.2. The Labute approximate surface area is 219 Å². The summed E-state index contributed by atoms with van der Waals surface area (Å²) in [4.78, 5) is 19.9. The highest BCUT2D eigenvalue weighted by Crippen LogP contribution is 2.41. The van der Waals surface area contributed by atoms with Crippen LogP contribution in [0.3, 0.4) is 0 Å². The van der Waals surface area contributed by atoms with Crippen LogP contribution in [0.5, 0.6) is 0 Å². The molecule has 9 nitrogen and oxygen atoms in total. The Morgan fingerprint density at radius 1 is 1.19 bits per heavy atom. The zero-order valence-corrected chi connectivity index (χ0v) is 21.7. The van der Waals surface area contributed by atoms with E-state index in [-0.39, 0.29) is 19.0 Å². The maximum Gasteiger partial charge on any atom is 0.312 e. The van der Waals surface area contributed by atoms with Crippen molar-refractivity contribution in [1.29, 1.82) is 0 Å². The average Bonchev–Trinajstić information content (AvgIpc) is 3.62. The fourth-order valence-electron chi connectivity index (χ4n) is 3.92. The number of hydrogen-bond acceptors (Lipinski definition) is 7. The van der Waals surface area contributed by atoms with Gasteiger partial charge < -0.3 is 14.1 Å². The predicted octanol–water partition coefficient (Wildman–Crippen LogP) is 6.05. The molecule has 0 aliphatic heterocycles. The standard InChI is InChI=1S/C25H22BrClN6O3/c1-2-3-8-20-28-18(24(27)29-20)12-21(34)35-13-14-9-10-19-17(11-14)22(26)23(36-19)15-6-4-5-7-16(15)25-30-32-33-31-25/h4-7,9-11H,2-3,8,12-13H2,1H3,(H,28,29)(H,30,31,32,33). The monoisotopic (exact) mass is 568 g/mol. The van der Waals surface area contributed by atoms with Crippen LogP contribution in [0.2, 0.25) is 5.15 Å². The molecule has 0 saturated heterocycles. The average molecular weight is 570 g/mol. The van der Waals surface area contributed by atoms with Gasteiger partial charge in [-0.1, -0.05) is 55.3 Å². The van der Waals surface area contributed by atoms with Gasteiger partial charge in [0, 0.05) is 22.9 Å². The highest BCUT2D eigenvalue weighted by molar-refractivity contribution is 9.10. The van der Waals surface area contributed by atoms with Crippen LogP contribution in [0.25, 0.3) is 33.7 Å². The molecule has 0 amide bonds. The second-order valence-electron chi connectivity index (χ2n) is 8.26. The number of aromatic nitrogens is 6. The number of carbonyl (C=O) groups is 1. The van der Waals surface area contributed by atoms with Crippen molar-refractivity contribution in [1.82, 2.24) is 30.6 Å². The van der Waals surface area contributed by atoms with Gasteiger partial charge in [0.15, 0.2) is 11.0 Å². The van der Waals surface area contributed by atoms with E-state index in [2.05, 4.69) is 53.4 Å². The van der Waals surface area contributed by atoms with Crippen LogP contribution in [0.4, 0.5) is 0 Å². The van der Waals surface area contributed by atoms with Crippen molar-refractivity contribution < 1.29 is 13.9 Å². The number of benzene rings is 2. The van der Waals surface area contributed by atoms with Crippen molar-refractivity contribution in [2.45, 2.75) is 39.2 Å². The van der Waals surface area contributed by atoms with Crippen LogP contribution >= 0.6 is 27.5 Å². The molecular weight excluding hydrogens is 548 g/mol. The number of nitrogens with one attached hydrogen (secondary N) is 2. The van der Waals surface area contributed by atoms with E-state index in [1.807, 2.05) is 42.5 Å². The van der Waals surface area contributed by atoms with E-state index in [1.54, 1.807) is 0 Å². The SMILES string of the molecule is CCCCc1nc(Cl)c(CC(=O)OCc2ccc3oc(-c4ccccc4-c4nnn[nH]4)c(Br)c3c2)[nH]1. The molecule has 5 aromatic rings. The highest BCUT2D eigenvalue weighted by atomic mass is 79.9. The number of ether oxygens (including phenoxy) is 1. The number of furan rings is 1. The number of tetrazole rings is 1. The van der Waals surface area contributed by atoms with Gasteiger partial charge in [0.2, 0.25) is 0 Å². The van der Waals surface area contributed by atoms with Crippen molar-refractivity contribution in [3.63, 3.8) is 0 Å². The van der Waals surface area contributed by atoms with Crippen LogP contribution in [0.15, 0.2) is 51.4 Å². The Hall–Kier alpha value is -3.50. The van der Waals surface area contributed by atoms with Crippen molar-refractivity contribution in [2.24, 2.45) is 0 Å². The van der Waals surface area contributed by atoms with Gasteiger partial charge >= 0.3 is 5.97 Å². The molecule has 0 radical (unpaired) electrons. The van der Waals surface area contributed by atoms with Crippen LogP contribution < -0.4 is 0 Å². The number of hydrogen-bond donors (Lipinski definition) is 2. The van der Waals surface area contributed by atoms with Gasteiger partial charge in [-0.2, -0.15) is 0 Å². The highest BCUT2D eigenvalue weighted by Gasteiger charge is 2.19. The maximum absolute atomic E-state index is 12.5. The van der Waals surface area contributed by atoms with Gasteiger partial charge in [-0.05, 0) is 50.5 Å². The number of halogens is 2. The Bertz CT molecular complexity index is 1510. The molecule has 0 saturated carbocycles. The first-order valence-corrected chi connectivity index (χ1v) is 12.6. The second kappa shape index (κ2) is 10.6. The quantitative estimate of drug-likeness (QED) is 0.207. The number of esters is 1. The van der Waals surface area contributed by atoms with Crippen LogP contribution in [-0.4, -0.2) is 36.6 Å². The summed E-state index contributed by atoms with van der Waals surface area (Å²) in [7, 11) is 0. The summed E-state index contributed by atoms with van der Waals surface area (Å²) in [5.41, 5.74) is 3.75. The summed E-state index contributed by atoms with van der Waals surface area (Å²) in [6, 6.07) is 13.4. The molecule has 5 rings (SSSR count). The van der Waals surface area contributed by atoms with E-state index in [0.29, 0.717) is 28.0 Å². The fraction of sp³-hybridized carbons (Fsp3) is 0.240. The van der Waals surface area contributed by atoms with Gasteiger partial charge in [-0.25, -0.2) is 10.1 Å². The molecule has 184 valence electrons. The van der Waals surface area contributed by atoms with Crippen LogP contribution in [0.1, 0.15) is 36.8 Å². The van der Waals surface area contributed by atoms with Crippen LogP contribution in [-0.2, 0) is 29.0 Å². The summed E-state index contributed by atoms with van der Waals surface area (Å²) in [6.45, 7) is 2.23. The van der Waals surface area contributed by atoms with Gasteiger partial charge in [-0.3, -0.25) is 4.79 Å². The summed E-state index contributed by atoms with van der Waals surface area (Å²) < 4.78 is 12.5. The molecule has 0 aliphatic carbocycles. The van der Waals surface area contributed by atoms with Gasteiger partial charge in [0.1, 0.15) is 23.8 Å². The van der Waals surface area contributed by atoms with Gasteiger partial charge in [0.05, 0.1) is 16.6 Å². The topological polar surface area (TPSA) is 123 Å². The molecule has 11 heteroatoms. The summed E-state index contributed by atoms with van der Waals surface area (Å²) in [5, 5.41) is 15.3. The fourth-order valence-corrected chi connectivity index (χ4v) is 4.74. The zero-order chi connectivity index (χ0) is 25.1. The summed E-state index contributed by atoms with van der Waals surface area (Å²) in [6.07, 6.45) is 2.89. The minimum absolute atomic E-state index is 0.0348. The Morgan fingerprint density at radius 2 is 2.03 bits per heavy atom. The molecule has 3 aromatic heterocycles. The third-order valence-electron chi connectivity index (χ3n) is 5.73. The molecule has 0 aliphatic rings. The number of fused-ring (bicyclic) bond motifs is 1. The molecule has 2 aromatic carbocycles. The number of aromatic amines is 2. The molecule has 3 heterocycles. The first-order valence-electron chi connectivity index (χ1n) is 11.5. The molecule has 36 heavy (non-hydrogen) atoms. The van der Waals surface area contributed by atoms with E-state index >= 15 is 0 Å². The third kappa shape index (κ3) is 5.05. The van der Waals surface area contributed by atoms with E-state index in [4.69, 9.17) is 20.8 Å². The molecule has 0 unspecified atom stereocenters. The Morgan fingerprint density at radius 3 is 2.81 bits per heavy atom. The Kier molecular flexibility index (Phi) is 7.15. The molecule has 0 spiro atoms. The molecule has 0 atom stereocenters. The second-order valence-corrected chi connectivity index (χ2v) is 9.42. The number of unbranched alkanes of at least 4 members (excludes halogenated alkanes) is 1. The first-order chi connectivity index (χ1) is 17.5. The summed E-state index contributed by atoms with van der Waals surface area (Å²) >= 11 is 9.87. The van der Waals surface area contributed by atoms with Crippen molar-refractivity contribution in [2.75, 3.05) is 0 Å². The number of imidazole rings is 1. The maximum atomic E-state index is 12.5. The Balaban J connectivity index is 1.32. The van der Waals surface area contributed by atoms with E-state index in [1.165, 1.54) is 0 Å². The lowest BCUT2D eigenvalue weighted by molar-refractivity contribution is -0.144. The molecule has 2 N–H and O–H groups in total. The predicted molar refractivity (Wildman–Crippen MR) is 138 cm³/mol. The number of carbonyl (C=O) groups excluding carboxylic acids is 1. The van der Waals surface area contributed by atoms with E-state index < -0.39 is 0 Å². The third-order valence-corrected chi connectivity index (χ3v) is 6.83. The molecular formula is C25H22BrClN6O3. The number of rotatable bonds is 9. The van der Waals surface area contributed by atoms with Gasteiger partial charge in [-0.15, -0.1) is 5.10 Å². The lowest BCUT2D eigenvalue weighted by Crippen LogP contribution is -2.08. The summed E-state index contributed by atoms with van der Waals surface area (Å²) in [5.74, 6) is 1.60. The zero-order valence-electron chi connectivity index (χ0n) is 19.3. The minimum atomic E-state index is -0.385. The number of H-pyrrole nitrogens is 2. The minimum Gasteiger partial charge on any atom is -0.461 e. The van der Waals surface area contributed by atoms with Crippen LogP contribution in [0, 0.1) is 0 Å². The van der Waals surface area contributed by atoms with Gasteiger partial charge in [0.25, 0.3) is 0 Å². The van der Waals surface area contributed by atoms with E-state index in [0.717, 1.165) is 51.6 Å². The smallest absolute Gasteiger partial charge is 0.312 e. The molecule has 0 fully saturated rings. The number of aryl methyl sites for hydroxylation is 1. The van der Waals surface area contributed by atoms with Crippen molar-refractivity contribution in [3.05, 3.63) is 69.2 Å². The largest absolute Gasteiger partial charge is 0.461 e. The molecule has 0 bridgehead atoms. The lowest BCUT2D eigenvalue weighted by atomic mass is 10.0. The lowest BCUT2D eigenvalue weighted by Gasteiger charge is -2.05. The number of nitrogens with zero attached hydrogens (tertiary/aromatic N) is 4.